The van der Waals surface area contributed by atoms with Gasteiger partial charge in [0.25, 0.3) is 0 Å². The number of rotatable bonds is 4. The lowest BCUT2D eigenvalue weighted by molar-refractivity contribution is 0.00578. The molecule has 0 atom stereocenters. The smallest absolute Gasteiger partial charge is 0.399 e. The molecule has 124 valence electrons. The van der Waals surface area contributed by atoms with Gasteiger partial charge in [-0.1, -0.05) is 24.3 Å². The average Bonchev–Trinajstić information content (AvgIpc) is 2.76. The van der Waals surface area contributed by atoms with Gasteiger partial charge in [0.05, 0.1) is 16.9 Å². The summed E-state index contributed by atoms with van der Waals surface area (Å²) in [7, 11) is -0.396. The first-order valence-corrected chi connectivity index (χ1v) is 8.01. The Morgan fingerprint density at radius 2 is 1.62 bits per heavy atom. The second-order valence-corrected chi connectivity index (χ2v) is 6.97. The van der Waals surface area contributed by atoms with E-state index in [1.807, 2.05) is 70.2 Å². The molecule has 2 N–H and O–H groups in total. The van der Waals surface area contributed by atoms with Crippen molar-refractivity contribution in [1.29, 1.82) is 5.53 Å². The lowest BCUT2D eigenvalue weighted by Crippen LogP contribution is -2.41. The van der Waals surface area contributed by atoms with Crippen molar-refractivity contribution in [2.75, 3.05) is 5.32 Å². The highest BCUT2D eigenvalue weighted by atomic mass is 16.7. The topological polar surface area (TPSA) is 66.7 Å². The average molecular weight is 323 g/mol. The van der Waals surface area contributed by atoms with E-state index in [0.29, 0.717) is 5.69 Å². The van der Waals surface area contributed by atoms with Crippen LogP contribution in [-0.2, 0) is 9.31 Å². The first-order valence-electron chi connectivity index (χ1n) is 8.01. The van der Waals surface area contributed by atoms with Gasteiger partial charge in [0.2, 0.25) is 0 Å². The van der Waals surface area contributed by atoms with E-state index in [1.165, 1.54) is 0 Å². The standard InChI is InChI=1S/C18H22BN3O2/c1-17(2)18(3,4)24-19(23-17)13-8-7-9-14(12-13)21-15-10-5-6-11-16(15)22-20/h5-12,20-21H,1-4H3. The van der Waals surface area contributed by atoms with Crippen molar-refractivity contribution in [1.82, 2.24) is 0 Å². The summed E-state index contributed by atoms with van der Waals surface area (Å²) >= 11 is 0. The zero-order valence-electron chi connectivity index (χ0n) is 14.5. The number of anilines is 2. The molecule has 0 aliphatic carbocycles. The third kappa shape index (κ3) is 3.07. The number of nitrogens with one attached hydrogen (secondary N) is 2. The van der Waals surface area contributed by atoms with Gasteiger partial charge in [-0.25, -0.2) is 5.53 Å². The third-order valence-corrected chi connectivity index (χ3v) is 4.72. The van der Waals surface area contributed by atoms with Gasteiger partial charge in [-0.15, -0.1) is 0 Å². The molecule has 0 saturated carbocycles. The Hall–Kier alpha value is -2.18. The highest BCUT2D eigenvalue weighted by molar-refractivity contribution is 6.62. The summed E-state index contributed by atoms with van der Waals surface area (Å²) in [4.78, 5) is 0. The molecule has 0 spiro atoms. The fourth-order valence-corrected chi connectivity index (χ4v) is 2.57. The van der Waals surface area contributed by atoms with Crippen LogP contribution in [0.5, 0.6) is 0 Å². The van der Waals surface area contributed by atoms with Gasteiger partial charge in [-0.3, -0.25) is 0 Å². The van der Waals surface area contributed by atoms with Crippen molar-refractivity contribution >= 4 is 29.6 Å². The molecule has 1 heterocycles. The van der Waals surface area contributed by atoms with Crippen LogP contribution in [0.15, 0.2) is 53.6 Å². The Balaban J connectivity index is 1.84. The first kappa shape index (κ1) is 16.7. The number of hydrogen-bond donors (Lipinski definition) is 2. The van der Waals surface area contributed by atoms with E-state index in [4.69, 9.17) is 14.8 Å². The van der Waals surface area contributed by atoms with E-state index >= 15 is 0 Å². The van der Waals surface area contributed by atoms with Crippen LogP contribution in [0.1, 0.15) is 27.7 Å². The molecule has 3 rings (SSSR count). The second kappa shape index (κ2) is 6.04. The summed E-state index contributed by atoms with van der Waals surface area (Å²) < 4.78 is 12.2. The van der Waals surface area contributed by atoms with E-state index < -0.39 is 7.12 Å². The van der Waals surface area contributed by atoms with Crippen molar-refractivity contribution in [2.24, 2.45) is 5.11 Å². The van der Waals surface area contributed by atoms with Crippen LogP contribution in [0.25, 0.3) is 0 Å². The van der Waals surface area contributed by atoms with Crippen LogP contribution >= 0.6 is 0 Å². The number of nitrogens with zero attached hydrogens (tertiary/aromatic N) is 1. The van der Waals surface area contributed by atoms with E-state index in [0.717, 1.165) is 16.8 Å². The molecular formula is C18H22BN3O2. The molecule has 1 fully saturated rings. The summed E-state index contributed by atoms with van der Waals surface area (Å²) in [6, 6.07) is 15.4. The number of benzene rings is 2. The largest absolute Gasteiger partial charge is 0.494 e. The Morgan fingerprint density at radius 1 is 0.958 bits per heavy atom. The summed E-state index contributed by atoms with van der Waals surface area (Å²) in [5, 5.41) is 6.85. The fraction of sp³-hybridized carbons (Fsp3) is 0.333. The van der Waals surface area contributed by atoms with Crippen LogP contribution in [0.3, 0.4) is 0 Å². The van der Waals surface area contributed by atoms with Crippen molar-refractivity contribution in [3.8, 4) is 0 Å². The molecule has 5 nitrogen and oxygen atoms in total. The van der Waals surface area contributed by atoms with Gasteiger partial charge in [0, 0.05) is 5.69 Å². The van der Waals surface area contributed by atoms with Crippen molar-refractivity contribution in [2.45, 2.75) is 38.9 Å². The summed E-state index contributed by atoms with van der Waals surface area (Å²) in [5.74, 6) is 0. The minimum atomic E-state index is -0.396. The van der Waals surface area contributed by atoms with E-state index in [9.17, 15) is 0 Å². The maximum atomic E-state index is 7.26. The fourth-order valence-electron chi connectivity index (χ4n) is 2.57. The molecule has 0 aromatic heterocycles. The Morgan fingerprint density at radius 3 is 2.29 bits per heavy atom. The Bertz CT molecular complexity index is 745. The van der Waals surface area contributed by atoms with Gasteiger partial charge in [0.15, 0.2) is 0 Å². The lowest BCUT2D eigenvalue weighted by Gasteiger charge is -2.32. The summed E-state index contributed by atoms with van der Waals surface area (Å²) in [5.41, 5.74) is 9.78. The molecular weight excluding hydrogens is 301 g/mol. The van der Waals surface area contributed by atoms with Gasteiger partial charge < -0.3 is 14.6 Å². The lowest BCUT2D eigenvalue weighted by atomic mass is 9.79. The van der Waals surface area contributed by atoms with Gasteiger partial charge in [0.1, 0.15) is 5.69 Å². The minimum Gasteiger partial charge on any atom is -0.399 e. The SMILES string of the molecule is CC1(C)OB(c2cccc(Nc3ccccc3N=N)c2)OC1(C)C. The molecule has 0 amide bonds. The van der Waals surface area contributed by atoms with E-state index in [-0.39, 0.29) is 11.2 Å². The first-order chi connectivity index (χ1) is 11.3. The zero-order chi connectivity index (χ0) is 17.4. The van der Waals surface area contributed by atoms with Crippen LogP contribution in [0, 0.1) is 5.53 Å². The second-order valence-electron chi connectivity index (χ2n) is 6.97. The van der Waals surface area contributed by atoms with Gasteiger partial charge >= 0.3 is 7.12 Å². The van der Waals surface area contributed by atoms with Crippen LogP contribution < -0.4 is 10.8 Å². The van der Waals surface area contributed by atoms with Crippen LogP contribution in [-0.4, -0.2) is 18.3 Å². The predicted molar refractivity (Wildman–Crippen MR) is 96.7 cm³/mol. The molecule has 6 heteroatoms. The minimum absolute atomic E-state index is 0.363. The zero-order valence-corrected chi connectivity index (χ0v) is 14.5. The molecule has 0 unspecified atom stereocenters. The predicted octanol–water partition coefficient (Wildman–Crippen LogP) is 4.39. The molecule has 2 aromatic carbocycles. The van der Waals surface area contributed by atoms with Crippen LogP contribution in [0.4, 0.5) is 17.1 Å². The van der Waals surface area contributed by atoms with Gasteiger partial charge in [-0.2, -0.15) is 5.11 Å². The van der Waals surface area contributed by atoms with Crippen molar-refractivity contribution < 1.29 is 9.31 Å². The summed E-state index contributed by atoms with van der Waals surface area (Å²) in [6.45, 7) is 8.17. The molecule has 0 bridgehead atoms. The number of para-hydroxylation sites is 2. The normalized spacial score (nSPS) is 18.4. The number of hydrogen-bond acceptors (Lipinski definition) is 5. The molecule has 0 radical (unpaired) electrons. The Labute approximate surface area is 143 Å². The molecule has 2 aromatic rings. The maximum absolute atomic E-state index is 7.26. The van der Waals surface area contributed by atoms with Crippen molar-refractivity contribution in [3.63, 3.8) is 0 Å². The molecule has 1 aliphatic heterocycles. The maximum Gasteiger partial charge on any atom is 0.494 e. The quantitative estimate of drug-likeness (QED) is 0.648. The Kier molecular flexibility index (Phi) is 4.19. The highest BCUT2D eigenvalue weighted by Gasteiger charge is 2.51. The van der Waals surface area contributed by atoms with E-state index in [2.05, 4.69) is 10.4 Å². The third-order valence-electron chi connectivity index (χ3n) is 4.72. The van der Waals surface area contributed by atoms with Crippen LogP contribution in [0.2, 0.25) is 0 Å². The van der Waals surface area contributed by atoms with Crippen molar-refractivity contribution in [3.05, 3.63) is 48.5 Å². The monoisotopic (exact) mass is 323 g/mol. The van der Waals surface area contributed by atoms with E-state index in [1.54, 1.807) is 6.07 Å². The summed E-state index contributed by atoms with van der Waals surface area (Å²) in [6.07, 6.45) is 0. The molecule has 1 aliphatic rings. The molecule has 1 saturated heterocycles. The molecule has 24 heavy (non-hydrogen) atoms. The van der Waals surface area contributed by atoms with Gasteiger partial charge in [-0.05, 0) is 57.4 Å². The highest BCUT2D eigenvalue weighted by Crippen LogP contribution is 2.36.